The van der Waals surface area contributed by atoms with Crippen molar-refractivity contribution in [3.8, 4) is 10.6 Å². The van der Waals surface area contributed by atoms with E-state index in [1.165, 1.54) is 23.5 Å². The molecule has 2 heterocycles. The van der Waals surface area contributed by atoms with E-state index in [-0.39, 0.29) is 29.3 Å². The topological polar surface area (TPSA) is 67.3 Å². The second-order valence-electron chi connectivity index (χ2n) is 6.39. The predicted molar refractivity (Wildman–Crippen MR) is 100 cm³/mol. The van der Waals surface area contributed by atoms with Gasteiger partial charge in [-0.05, 0) is 44.0 Å². The Kier molecular flexibility index (Phi) is 5.72. The van der Waals surface area contributed by atoms with Gasteiger partial charge in [-0.2, -0.15) is 0 Å². The maximum atomic E-state index is 13.0. The van der Waals surface area contributed by atoms with Crippen molar-refractivity contribution in [3.05, 3.63) is 41.2 Å². The van der Waals surface area contributed by atoms with Gasteiger partial charge < -0.3 is 4.90 Å². The van der Waals surface area contributed by atoms with Gasteiger partial charge in [-0.1, -0.05) is 0 Å². The van der Waals surface area contributed by atoms with Crippen LogP contribution in [0.3, 0.4) is 0 Å². The quantitative estimate of drug-likeness (QED) is 0.753. The third kappa shape index (κ3) is 4.48. The average Bonchev–Trinajstić information content (AvgIpc) is 3.21. The minimum atomic E-state index is -3.01. The molecule has 0 saturated carbocycles. The highest BCUT2D eigenvalue weighted by Crippen LogP contribution is 2.25. The average molecular weight is 397 g/mol. The lowest BCUT2D eigenvalue weighted by Crippen LogP contribution is -2.41. The van der Waals surface area contributed by atoms with E-state index in [2.05, 4.69) is 4.98 Å². The lowest BCUT2D eigenvalue weighted by Gasteiger charge is -2.26. The summed E-state index contributed by atoms with van der Waals surface area (Å²) in [6.07, 6.45) is 1.33. The van der Waals surface area contributed by atoms with Crippen LogP contribution in [-0.2, 0) is 21.1 Å². The maximum Gasteiger partial charge on any atom is 0.223 e. The number of hydrogen-bond acceptors (Lipinski definition) is 5. The molecule has 1 aliphatic heterocycles. The molecule has 1 fully saturated rings. The lowest BCUT2D eigenvalue weighted by atomic mass is 10.1. The van der Waals surface area contributed by atoms with Crippen LogP contribution in [0.25, 0.3) is 10.6 Å². The van der Waals surface area contributed by atoms with E-state index < -0.39 is 9.84 Å². The molecule has 0 bridgehead atoms. The highest BCUT2D eigenvalue weighted by atomic mass is 32.2. The lowest BCUT2D eigenvalue weighted by molar-refractivity contribution is -0.132. The second kappa shape index (κ2) is 7.84. The number of nitrogens with zero attached hydrogens (tertiary/aromatic N) is 2. The van der Waals surface area contributed by atoms with E-state index in [9.17, 15) is 17.6 Å². The highest BCUT2D eigenvalue weighted by molar-refractivity contribution is 7.91. The number of aryl methyl sites for hydroxylation is 1. The molecule has 1 atom stereocenters. The number of sulfone groups is 1. The second-order valence-corrected chi connectivity index (χ2v) is 9.47. The minimum Gasteiger partial charge on any atom is -0.339 e. The Labute approximate surface area is 156 Å². The minimum absolute atomic E-state index is 0.0362. The maximum absolute atomic E-state index is 13.0. The molecule has 26 heavy (non-hydrogen) atoms. The molecule has 0 spiro atoms. The summed E-state index contributed by atoms with van der Waals surface area (Å²) in [5.41, 5.74) is 1.66. The van der Waals surface area contributed by atoms with Crippen LogP contribution >= 0.6 is 11.3 Å². The van der Waals surface area contributed by atoms with Crippen molar-refractivity contribution in [2.75, 3.05) is 18.1 Å². The summed E-state index contributed by atoms with van der Waals surface area (Å²) < 4.78 is 36.3. The zero-order chi connectivity index (χ0) is 18.7. The number of amides is 1. The van der Waals surface area contributed by atoms with Gasteiger partial charge in [0.2, 0.25) is 5.91 Å². The number of carbonyl (C=O) groups excluding carboxylic acids is 1. The van der Waals surface area contributed by atoms with Crippen molar-refractivity contribution in [3.63, 3.8) is 0 Å². The van der Waals surface area contributed by atoms with Crippen molar-refractivity contribution in [2.45, 2.75) is 32.2 Å². The summed E-state index contributed by atoms with van der Waals surface area (Å²) in [6, 6.07) is 5.96. The highest BCUT2D eigenvalue weighted by Gasteiger charge is 2.33. The molecule has 8 heteroatoms. The molecule has 3 rings (SSSR count). The first-order valence-electron chi connectivity index (χ1n) is 8.58. The molecule has 5 nitrogen and oxygen atoms in total. The van der Waals surface area contributed by atoms with E-state index in [1.807, 2.05) is 12.3 Å². The molecule has 0 aliphatic carbocycles. The van der Waals surface area contributed by atoms with Crippen LogP contribution in [0.15, 0.2) is 29.6 Å². The first kappa shape index (κ1) is 19.0. The van der Waals surface area contributed by atoms with Gasteiger partial charge in [0.15, 0.2) is 9.84 Å². The SMILES string of the molecule is CCN(C(=O)CCc1csc(-c2ccc(F)cc2)n1)C1CCS(=O)(=O)C1. The van der Waals surface area contributed by atoms with Gasteiger partial charge in [0.1, 0.15) is 10.8 Å². The molecule has 1 aromatic carbocycles. The van der Waals surface area contributed by atoms with Crippen molar-refractivity contribution in [2.24, 2.45) is 0 Å². The van der Waals surface area contributed by atoms with Crippen LogP contribution < -0.4 is 0 Å². The fourth-order valence-corrected chi connectivity index (χ4v) is 5.78. The molecular weight excluding hydrogens is 375 g/mol. The van der Waals surface area contributed by atoms with Crippen LogP contribution in [0.2, 0.25) is 0 Å². The number of thiazole rings is 1. The summed E-state index contributed by atoms with van der Waals surface area (Å²) in [7, 11) is -3.01. The molecule has 1 saturated heterocycles. The fourth-order valence-electron chi connectivity index (χ4n) is 3.18. The van der Waals surface area contributed by atoms with E-state index in [4.69, 9.17) is 0 Å². The van der Waals surface area contributed by atoms with Crippen molar-refractivity contribution in [1.82, 2.24) is 9.88 Å². The fraction of sp³-hybridized carbons (Fsp3) is 0.444. The van der Waals surface area contributed by atoms with E-state index >= 15 is 0 Å². The van der Waals surface area contributed by atoms with Crippen LogP contribution in [0.1, 0.15) is 25.5 Å². The van der Waals surface area contributed by atoms with E-state index in [0.29, 0.717) is 25.8 Å². The monoisotopic (exact) mass is 396 g/mol. The molecule has 1 amide bonds. The third-order valence-corrected chi connectivity index (χ3v) is 7.24. The van der Waals surface area contributed by atoms with Crippen molar-refractivity contribution in [1.29, 1.82) is 0 Å². The Morgan fingerprint density at radius 2 is 2.08 bits per heavy atom. The van der Waals surface area contributed by atoms with Gasteiger partial charge in [-0.15, -0.1) is 11.3 Å². The van der Waals surface area contributed by atoms with Gasteiger partial charge in [0.25, 0.3) is 0 Å². The normalized spacial score (nSPS) is 18.8. The van der Waals surface area contributed by atoms with Crippen LogP contribution in [0.5, 0.6) is 0 Å². The molecule has 1 unspecified atom stereocenters. The first-order chi connectivity index (χ1) is 12.4. The van der Waals surface area contributed by atoms with Crippen LogP contribution in [0, 0.1) is 5.82 Å². The number of halogens is 1. The van der Waals surface area contributed by atoms with Crippen molar-refractivity contribution >= 4 is 27.1 Å². The van der Waals surface area contributed by atoms with Crippen molar-refractivity contribution < 1.29 is 17.6 Å². The van der Waals surface area contributed by atoms with E-state index in [1.54, 1.807) is 17.0 Å². The summed E-state index contributed by atoms with van der Waals surface area (Å²) >= 11 is 1.46. The molecule has 140 valence electrons. The molecule has 0 N–H and O–H groups in total. The van der Waals surface area contributed by atoms with Gasteiger partial charge in [0, 0.05) is 30.0 Å². The number of aromatic nitrogens is 1. The van der Waals surface area contributed by atoms with Crippen LogP contribution in [0.4, 0.5) is 4.39 Å². The molecule has 1 aromatic heterocycles. The first-order valence-corrected chi connectivity index (χ1v) is 11.3. The molecule has 1 aliphatic rings. The van der Waals surface area contributed by atoms with Crippen LogP contribution in [-0.4, -0.2) is 48.3 Å². The third-order valence-electron chi connectivity index (χ3n) is 4.55. The Balaban J connectivity index is 1.60. The Morgan fingerprint density at radius 1 is 1.35 bits per heavy atom. The number of rotatable bonds is 6. The zero-order valence-corrected chi connectivity index (χ0v) is 16.2. The van der Waals surface area contributed by atoms with Gasteiger partial charge >= 0.3 is 0 Å². The Bertz CT molecular complexity index is 878. The summed E-state index contributed by atoms with van der Waals surface area (Å²) in [6.45, 7) is 2.38. The number of benzene rings is 1. The molecule has 2 aromatic rings. The van der Waals surface area contributed by atoms with Gasteiger partial charge in [-0.3, -0.25) is 4.79 Å². The largest absolute Gasteiger partial charge is 0.339 e. The summed E-state index contributed by atoms with van der Waals surface area (Å²) in [4.78, 5) is 18.7. The number of carbonyl (C=O) groups is 1. The Morgan fingerprint density at radius 3 is 2.69 bits per heavy atom. The number of hydrogen-bond donors (Lipinski definition) is 0. The Hall–Kier alpha value is -1.80. The van der Waals surface area contributed by atoms with E-state index in [0.717, 1.165) is 16.3 Å². The van der Waals surface area contributed by atoms with Gasteiger partial charge in [-0.25, -0.2) is 17.8 Å². The summed E-state index contributed by atoms with van der Waals surface area (Å²) in [5.74, 6) is -0.0948. The molecular formula is C18H21FN2O3S2. The molecule has 0 radical (unpaired) electrons. The standard InChI is InChI=1S/C18H21FN2O3S2/c1-2-21(16-9-10-26(23,24)12-16)17(22)8-7-15-11-25-18(20-15)13-3-5-14(19)6-4-13/h3-6,11,16H,2,7-10,12H2,1H3. The smallest absolute Gasteiger partial charge is 0.223 e. The zero-order valence-electron chi connectivity index (χ0n) is 14.5. The van der Waals surface area contributed by atoms with Gasteiger partial charge in [0.05, 0.1) is 17.2 Å². The summed E-state index contributed by atoms with van der Waals surface area (Å²) in [5, 5.41) is 2.70. The predicted octanol–water partition coefficient (Wildman–Crippen LogP) is 2.92.